The summed E-state index contributed by atoms with van der Waals surface area (Å²) in [5.74, 6) is 1.07. The van der Waals surface area contributed by atoms with E-state index in [0.717, 1.165) is 62.3 Å². The summed E-state index contributed by atoms with van der Waals surface area (Å²) in [6.07, 6.45) is 11.0. The van der Waals surface area contributed by atoms with Gasteiger partial charge in [-0.2, -0.15) is 0 Å². The van der Waals surface area contributed by atoms with Crippen molar-refractivity contribution in [3.63, 3.8) is 0 Å². The van der Waals surface area contributed by atoms with Crippen LogP contribution in [0, 0.1) is 0 Å². The molecular formula is C27H35ClN4O2. The Balaban J connectivity index is 0.000000257. The third kappa shape index (κ3) is 5.98. The molecule has 1 saturated heterocycles. The molecule has 2 fully saturated rings. The zero-order valence-electron chi connectivity index (χ0n) is 20.2. The van der Waals surface area contributed by atoms with Crippen molar-refractivity contribution in [1.29, 1.82) is 0 Å². The first kappa shape index (κ1) is 24.7. The van der Waals surface area contributed by atoms with E-state index in [9.17, 15) is 4.79 Å². The summed E-state index contributed by atoms with van der Waals surface area (Å²) < 4.78 is 7.86. The molecule has 0 amide bonds. The Morgan fingerprint density at radius 2 is 2.12 bits per heavy atom. The van der Waals surface area contributed by atoms with Crippen LogP contribution in [0.2, 0.25) is 5.02 Å². The van der Waals surface area contributed by atoms with Gasteiger partial charge in [-0.1, -0.05) is 42.8 Å². The molecule has 1 atom stereocenters. The summed E-state index contributed by atoms with van der Waals surface area (Å²) >= 11 is 5.82. The third-order valence-electron chi connectivity index (χ3n) is 6.65. The second-order valence-electron chi connectivity index (χ2n) is 8.95. The molecule has 5 rings (SSSR count). The second kappa shape index (κ2) is 11.8. The monoisotopic (exact) mass is 482 g/mol. The highest BCUT2D eigenvalue weighted by atomic mass is 35.5. The van der Waals surface area contributed by atoms with Crippen LogP contribution < -0.4 is 5.32 Å². The van der Waals surface area contributed by atoms with Crippen molar-refractivity contribution in [3.05, 3.63) is 76.0 Å². The molecule has 2 aromatic rings. The lowest BCUT2D eigenvalue weighted by atomic mass is 9.89. The van der Waals surface area contributed by atoms with E-state index in [0.29, 0.717) is 0 Å². The van der Waals surface area contributed by atoms with Crippen molar-refractivity contribution < 1.29 is 9.53 Å². The van der Waals surface area contributed by atoms with Crippen LogP contribution in [0.1, 0.15) is 55.0 Å². The van der Waals surface area contributed by atoms with Crippen molar-refractivity contribution in [1.82, 2.24) is 19.8 Å². The van der Waals surface area contributed by atoms with Crippen molar-refractivity contribution in [2.45, 2.75) is 58.7 Å². The number of carbonyl (C=O) groups is 1. The maximum absolute atomic E-state index is 11.7. The van der Waals surface area contributed by atoms with E-state index in [1.165, 1.54) is 36.1 Å². The van der Waals surface area contributed by atoms with Crippen LogP contribution in [-0.2, 0) is 24.2 Å². The normalized spacial score (nSPS) is 19.8. The van der Waals surface area contributed by atoms with Crippen molar-refractivity contribution >= 4 is 17.4 Å². The number of halogens is 1. The Hall–Kier alpha value is -2.41. The maximum Gasteiger partial charge on any atom is 0.177 e. The summed E-state index contributed by atoms with van der Waals surface area (Å²) in [5, 5.41) is 4.25. The van der Waals surface area contributed by atoms with E-state index in [1.807, 2.05) is 24.3 Å². The van der Waals surface area contributed by atoms with Crippen LogP contribution in [0.5, 0.6) is 0 Å². The average Bonchev–Trinajstić information content (AvgIpc) is 3.25. The summed E-state index contributed by atoms with van der Waals surface area (Å²) in [6.45, 7) is 8.79. The molecule has 7 heteroatoms. The van der Waals surface area contributed by atoms with Crippen molar-refractivity contribution in [2.75, 3.05) is 26.2 Å². The number of aryl methyl sites for hydroxylation is 1. The Labute approximate surface area is 207 Å². The fraction of sp³-hybridized carbons (Fsp3) is 0.481. The van der Waals surface area contributed by atoms with E-state index in [4.69, 9.17) is 16.3 Å². The zero-order chi connectivity index (χ0) is 23.9. The fourth-order valence-corrected chi connectivity index (χ4v) is 4.77. The number of imidazole rings is 1. The number of aromatic nitrogens is 2. The van der Waals surface area contributed by atoms with Gasteiger partial charge in [-0.25, -0.2) is 4.98 Å². The lowest BCUT2D eigenvalue weighted by Gasteiger charge is -2.35. The highest BCUT2D eigenvalue weighted by Crippen LogP contribution is 2.32. The smallest absolute Gasteiger partial charge is 0.177 e. The number of morpholine rings is 1. The van der Waals surface area contributed by atoms with Gasteiger partial charge in [0.25, 0.3) is 0 Å². The molecule has 0 spiro atoms. The fourth-order valence-electron chi connectivity index (χ4n) is 4.50. The molecule has 6 nitrogen and oxygen atoms in total. The van der Waals surface area contributed by atoms with Gasteiger partial charge in [-0.3, -0.25) is 4.79 Å². The first-order valence-corrected chi connectivity index (χ1v) is 12.7. The van der Waals surface area contributed by atoms with Crippen LogP contribution >= 0.6 is 11.6 Å². The molecule has 1 saturated carbocycles. The lowest BCUT2D eigenvalue weighted by molar-refractivity contribution is 0.0590. The minimum atomic E-state index is 0.0895. The Morgan fingerprint density at radius 1 is 1.29 bits per heavy atom. The van der Waals surface area contributed by atoms with Crippen LogP contribution in [0.25, 0.3) is 0 Å². The number of hydrogen-bond donors (Lipinski definition) is 1. The number of nitrogens with one attached hydrogen (secondary N) is 1. The van der Waals surface area contributed by atoms with E-state index >= 15 is 0 Å². The van der Waals surface area contributed by atoms with Crippen LogP contribution in [0.15, 0.2) is 53.9 Å². The number of Topliss-reactive ketones (excluding diaryl/α,β-unsaturated/α-hetero) is 1. The number of nitrogens with zero attached hydrogens (tertiary/aromatic N) is 3. The van der Waals surface area contributed by atoms with Gasteiger partial charge in [0.05, 0.1) is 25.5 Å². The predicted octanol–water partition coefficient (Wildman–Crippen LogP) is 4.79. The molecule has 3 aliphatic rings. The summed E-state index contributed by atoms with van der Waals surface area (Å²) in [5.41, 5.74) is 4.81. The molecule has 3 heterocycles. The SMILES string of the molecule is CC(=O)c1cnc2n1CCN(C(/C=C/C1CNCCO1)=C1CCC1)C2.CCc1ccccc1Cl. The molecular weight excluding hydrogens is 448 g/mol. The quantitative estimate of drug-likeness (QED) is 0.621. The highest BCUT2D eigenvalue weighted by molar-refractivity contribution is 6.31. The standard InChI is InChI=1S/C19H26N4O2.C8H9Cl/c1-14(24)18-12-21-19-13-22(8-9-23(18)19)17(15-3-2-4-15)6-5-16-11-20-7-10-25-16;1-2-7-5-3-4-6-8(7)9/h5-6,12,16,20H,2-4,7-11,13H2,1H3;3-6H,2H2,1H3/b6-5+;. The first-order valence-electron chi connectivity index (χ1n) is 12.3. The van der Waals surface area contributed by atoms with Crippen molar-refractivity contribution in [3.8, 4) is 0 Å². The molecule has 0 radical (unpaired) electrons. The Morgan fingerprint density at radius 3 is 2.74 bits per heavy atom. The number of ether oxygens (including phenoxy) is 1. The van der Waals surface area contributed by atoms with Gasteiger partial charge >= 0.3 is 0 Å². The van der Waals surface area contributed by atoms with E-state index in [-0.39, 0.29) is 11.9 Å². The molecule has 0 bridgehead atoms. The van der Waals surface area contributed by atoms with Gasteiger partial charge < -0.3 is 19.5 Å². The largest absolute Gasteiger partial charge is 0.371 e. The number of allylic oxidation sites excluding steroid dienone is 2. The first-order chi connectivity index (χ1) is 16.6. The minimum Gasteiger partial charge on any atom is -0.371 e. The van der Waals surface area contributed by atoms with Gasteiger partial charge in [0.2, 0.25) is 0 Å². The van der Waals surface area contributed by atoms with Crippen molar-refractivity contribution in [2.24, 2.45) is 0 Å². The zero-order valence-corrected chi connectivity index (χ0v) is 21.0. The second-order valence-corrected chi connectivity index (χ2v) is 9.36. The lowest BCUT2D eigenvalue weighted by Crippen LogP contribution is -2.38. The van der Waals surface area contributed by atoms with Gasteiger partial charge in [0.15, 0.2) is 5.78 Å². The summed E-state index contributed by atoms with van der Waals surface area (Å²) in [6, 6.07) is 7.91. The Kier molecular flexibility index (Phi) is 8.59. The molecule has 182 valence electrons. The van der Waals surface area contributed by atoms with Gasteiger partial charge in [0, 0.05) is 43.8 Å². The van der Waals surface area contributed by atoms with E-state index < -0.39 is 0 Å². The maximum atomic E-state index is 11.7. The Bertz CT molecular complexity index is 1050. The molecule has 1 aromatic carbocycles. The van der Waals surface area contributed by atoms with Crippen LogP contribution in [0.3, 0.4) is 0 Å². The number of ketones is 1. The molecule has 34 heavy (non-hydrogen) atoms. The topological polar surface area (TPSA) is 59.4 Å². The highest BCUT2D eigenvalue weighted by Gasteiger charge is 2.25. The third-order valence-corrected chi connectivity index (χ3v) is 7.02. The van der Waals surface area contributed by atoms with Gasteiger partial charge in [-0.05, 0) is 49.0 Å². The molecule has 1 unspecified atom stereocenters. The van der Waals surface area contributed by atoms with Crippen LogP contribution in [0.4, 0.5) is 0 Å². The van der Waals surface area contributed by atoms with Gasteiger partial charge in [0.1, 0.15) is 11.5 Å². The number of hydrogen-bond acceptors (Lipinski definition) is 5. The number of carbonyl (C=O) groups excluding carboxylic acids is 1. The number of rotatable bonds is 5. The number of fused-ring (bicyclic) bond motifs is 1. The predicted molar refractivity (Wildman–Crippen MR) is 136 cm³/mol. The number of benzene rings is 1. The van der Waals surface area contributed by atoms with Crippen LogP contribution in [-0.4, -0.2) is 52.6 Å². The van der Waals surface area contributed by atoms with Gasteiger partial charge in [-0.15, -0.1) is 0 Å². The summed E-state index contributed by atoms with van der Waals surface area (Å²) in [7, 11) is 0. The molecule has 1 N–H and O–H groups in total. The minimum absolute atomic E-state index is 0.0895. The van der Waals surface area contributed by atoms with E-state index in [2.05, 4.69) is 38.8 Å². The molecule has 2 aliphatic heterocycles. The molecule has 1 aromatic heterocycles. The molecule has 1 aliphatic carbocycles. The summed E-state index contributed by atoms with van der Waals surface area (Å²) in [4.78, 5) is 18.6. The van der Waals surface area contributed by atoms with E-state index in [1.54, 1.807) is 13.1 Å². The average molecular weight is 483 g/mol.